The number of rotatable bonds is 6. The highest BCUT2D eigenvalue weighted by molar-refractivity contribution is 7.89. The highest BCUT2D eigenvalue weighted by Gasteiger charge is 2.26. The van der Waals surface area contributed by atoms with Crippen LogP contribution in [0.15, 0.2) is 41.3 Å². The lowest BCUT2D eigenvalue weighted by Gasteiger charge is -2.27. The number of fused-ring (bicyclic) bond motifs is 1. The van der Waals surface area contributed by atoms with Crippen molar-refractivity contribution in [1.29, 1.82) is 0 Å². The minimum Gasteiger partial charge on any atom is -0.496 e. The Morgan fingerprint density at radius 3 is 2.58 bits per heavy atom. The number of nitrogens with zero attached hydrogens (tertiary/aromatic N) is 1. The van der Waals surface area contributed by atoms with Crippen molar-refractivity contribution in [3.05, 3.63) is 58.7 Å². The Morgan fingerprint density at radius 2 is 1.84 bits per heavy atom. The summed E-state index contributed by atoms with van der Waals surface area (Å²) < 4.78 is 39.6. The standard InChI is InChI=1S/C23H28N2O5S/c1-16(18-7-6-17-4-3-5-19(17)14-18)24-31(27,28)20-8-9-22(29-2)21(15-20)23(26)25-10-12-30-13-11-25/h6-9,14-16,24H,3-5,10-13H2,1-2H3. The van der Waals surface area contributed by atoms with Crippen molar-refractivity contribution in [2.24, 2.45) is 0 Å². The summed E-state index contributed by atoms with van der Waals surface area (Å²) in [5.41, 5.74) is 3.81. The number of ether oxygens (including phenoxy) is 2. The third kappa shape index (κ3) is 4.61. The molecule has 0 bridgehead atoms. The van der Waals surface area contributed by atoms with Crippen molar-refractivity contribution in [3.63, 3.8) is 0 Å². The number of morpholine rings is 1. The molecular formula is C23H28N2O5S. The molecule has 2 aromatic carbocycles. The van der Waals surface area contributed by atoms with Gasteiger partial charge < -0.3 is 14.4 Å². The maximum atomic E-state index is 13.1. The van der Waals surface area contributed by atoms with Gasteiger partial charge in [0, 0.05) is 19.1 Å². The summed E-state index contributed by atoms with van der Waals surface area (Å²) in [5.74, 6) is 0.0889. The zero-order valence-electron chi connectivity index (χ0n) is 17.9. The maximum absolute atomic E-state index is 13.1. The highest BCUT2D eigenvalue weighted by atomic mass is 32.2. The lowest BCUT2D eigenvalue weighted by molar-refractivity contribution is 0.0300. The molecule has 1 aliphatic carbocycles. The van der Waals surface area contributed by atoms with E-state index in [0.717, 1.165) is 24.8 Å². The first-order chi connectivity index (χ1) is 14.9. The summed E-state index contributed by atoms with van der Waals surface area (Å²) in [5, 5.41) is 0. The molecule has 0 saturated carbocycles. The Labute approximate surface area is 183 Å². The average Bonchev–Trinajstić information content (AvgIpc) is 3.26. The lowest BCUT2D eigenvalue weighted by Crippen LogP contribution is -2.40. The molecule has 1 amide bonds. The quantitative estimate of drug-likeness (QED) is 0.741. The Bertz CT molecular complexity index is 1080. The number of amides is 1. The molecule has 7 nitrogen and oxygen atoms in total. The van der Waals surface area contributed by atoms with E-state index in [0.29, 0.717) is 32.1 Å². The summed E-state index contributed by atoms with van der Waals surface area (Å²) in [7, 11) is -2.37. The highest BCUT2D eigenvalue weighted by Crippen LogP contribution is 2.28. The van der Waals surface area contributed by atoms with E-state index >= 15 is 0 Å². The van der Waals surface area contributed by atoms with Gasteiger partial charge in [0.15, 0.2) is 0 Å². The number of benzene rings is 2. The van der Waals surface area contributed by atoms with Crippen LogP contribution in [-0.4, -0.2) is 52.6 Å². The van der Waals surface area contributed by atoms with E-state index in [2.05, 4.69) is 16.9 Å². The summed E-state index contributed by atoms with van der Waals surface area (Å²) in [6.07, 6.45) is 3.26. The second kappa shape index (κ2) is 8.98. The van der Waals surface area contributed by atoms with Crippen LogP contribution >= 0.6 is 0 Å². The van der Waals surface area contributed by atoms with E-state index in [1.807, 2.05) is 13.0 Å². The van der Waals surface area contributed by atoms with Crippen LogP contribution in [0.3, 0.4) is 0 Å². The van der Waals surface area contributed by atoms with Gasteiger partial charge in [-0.3, -0.25) is 4.79 Å². The van der Waals surface area contributed by atoms with Crippen LogP contribution in [0.25, 0.3) is 0 Å². The number of aryl methyl sites for hydroxylation is 2. The minimum absolute atomic E-state index is 0.0397. The summed E-state index contributed by atoms with van der Waals surface area (Å²) >= 11 is 0. The van der Waals surface area contributed by atoms with Crippen LogP contribution in [0.4, 0.5) is 0 Å². The molecule has 1 unspecified atom stereocenters. The summed E-state index contributed by atoms with van der Waals surface area (Å²) in [6, 6.07) is 10.2. The lowest BCUT2D eigenvalue weighted by atomic mass is 10.0. The third-order valence-corrected chi connectivity index (χ3v) is 7.50. The van der Waals surface area contributed by atoms with Crippen LogP contribution in [0, 0.1) is 0 Å². The fraction of sp³-hybridized carbons (Fsp3) is 0.435. The van der Waals surface area contributed by atoms with E-state index in [1.54, 1.807) is 4.90 Å². The molecule has 0 radical (unpaired) electrons. The van der Waals surface area contributed by atoms with Gasteiger partial charge in [-0.25, -0.2) is 13.1 Å². The molecule has 1 saturated heterocycles. The van der Waals surface area contributed by atoms with Crippen molar-refractivity contribution in [1.82, 2.24) is 9.62 Å². The van der Waals surface area contributed by atoms with Crippen molar-refractivity contribution < 1.29 is 22.7 Å². The van der Waals surface area contributed by atoms with E-state index in [-0.39, 0.29) is 16.4 Å². The molecule has 166 valence electrons. The Balaban J connectivity index is 1.58. The van der Waals surface area contributed by atoms with Crippen molar-refractivity contribution in [3.8, 4) is 5.75 Å². The van der Waals surface area contributed by atoms with Crippen LogP contribution in [0.1, 0.15) is 46.4 Å². The Morgan fingerprint density at radius 1 is 1.10 bits per heavy atom. The molecule has 1 atom stereocenters. The topological polar surface area (TPSA) is 84.9 Å². The van der Waals surface area contributed by atoms with Gasteiger partial charge >= 0.3 is 0 Å². The molecule has 2 aliphatic rings. The van der Waals surface area contributed by atoms with E-state index < -0.39 is 16.1 Å². The fourth-order valence-electron chi connectivity index (χ4n) is 4.19. The molecule has 31 heavy (non-hydrogen) atoms. The third-order valence-electron chi connectivity index (χ3n) is 5.96. The number of hydrogen-bond acceptors (Lipinski definition) is 5. The molecule has 1 N–H and O–H groups in total. The second-order valence-electron chi connectivity index (χ2n) is 7.99. The molecule has 4 rings (SSSR count). The maximum Gasteiger partial charge on any atom is 0.257 e. The number of carbonyl (C=O) groups excluding carboxylic acids is 1. The van der Waals surface area contributed by atoms with Crippen molar-refractivity contribution in [2.45, 2.75) is 37.1 Å². The first-order valence-corrected chi connectivity index (χ1v) is 12.1. The van der Waals surface area contributed by atoms with Crippen LogP contribution < -0.4 is 9.46 Å². The van der Waals surface area contributed by atoms with Crippen molar-refractivity contribution in [2.75, 3.05) is 33.4 Å². The van der Waals surface area contributed by atoms with Crippen LogP contribution in [-0.2, 0) is 27.6 Å². The van der Waals surface area contributed by atoms with Gasteiger partial charge in [-0.2, -0.15) is 0 Å². The second-order valence-corrected chi connectivity index (χ2v) is 9.71. The minimum atomic E-state index is -3.83. The van der Waals surface area contributed by atoms with E-state index in [9.17, 15) is 13.2 Å². The van der Waals surface area contributed by atoms with Gasteiger partial charge in [0.05, 0.1) is 30.8 Å². The number of methoxy groups -OCH3 is 1. The smallest absolute Gasteiger partial charge is 0.257 e. The van der Waals surface area contributed by atoms with Gasteiger partial charge in [0.2, 0.25) is 10.0 Å². The number of sulfonamides is 1. The van der Waals surface area contributed by atoms with Gasteiger partial charge in [-0.15, -0.1) is 0 Å². The summed E-state index contributed by atoms with van der Waals surface area (Å²) in [4.78, 5) is 14.7. The molecule has 1 heterocycles. The Hall–Kier alpha value is -2.42. The predicted octanol–water partition coefficient (Wildman–Crippen LogP) is 2.70. The monoisotopic (exact) mass is 444 g/mol. The molecule has 1 fully saturated rings. The zero-order valence-corrected chi connectivity index (χ0v) is 18.7. The van der Waals surface area contributed by atoms with Gasteiger partial charge in [0.1, 0.15) is 5.75 Å². The van der Waals surface area contributed by atoms with Crippen molar-refractivity contribution >= 4 is 15.9 Å². The molecule has 0 aromatic heterocycles. The zero-order chi connectivity index (χ0) is 22.0. The fourth-order valence-corrected chi connectivity index (χ4v) is 5.45. The largest absolute Gasteiger partial charge is 0.496 e. The molecule has 2 aromatic rings. The molecule has 1 aliphatic heterocycles. The van der Waals surface area contributed by atoms with Gasteiger partial charge in [-0.05, 0) is 61.1 Å². The molecule has 0 spiro atoms. The van der Waals surface area contributed by atoms with E-state index in [1.165, 1.54) is 36.4 Å². The predicted molar refractivity (Wildman–Crippen MR) is 117 cm³/mol. The van der Waals surface area contributed by atoms with Gasteiger partial charge in [0.25, 0.3) is 5.91 Å². The number of nitrogens with one attached hydrogen (secondary N) is 1. The SMILES string of the molecule is COc1ccc(S(=O)(=O)NC(C)c2ccc3c(c2)CCC3)cc1C(=O)N1CCOCC1. The first kappa shape index (κ1) is 21.8. The molecular weight excluding hydrogens is 416 g/mol. The summed E-state index contributed by atoms with van der Waals surface area (Å²) in [6.45, 7) is 3.69. The van der Waals surface area contributed by atoms with Crippen LogP contribution in [0.2, 0.25) is 0 Å². The van der Waals surface area contributed by atoms with E-state index in [4.69, 9.17) is 9.47 Å². The van der Waals surface area contributed by atoms with Gasteiger partial charge in [-0.1, -0.05) is 18.2 Å². The normalized spacial score (nSPS) is 17.3. The molecule has 8 heteroatoms. The Kier molecular flexibility index (Phi) is 6.31. The first-order valence-electron chi connectivity index (χ1n) is 10.6. The van der Waals surface area contributed by atoms with Crippen LogP contribution in [0.5, 0.6) is 5.75 Å². The number of carbonyl (C=O) groups is 1. The number of hydrogen-bond donors (Lipinski definition) is 1. The average molecular weight is 445 g/mol.